The zero-order chi connectivity index (χ0) is 16.7. The van der Waals surface area contributed by atoms with Crippen LogP contribution in [0, 0.1) is 0 Å². The lowest BCUT2D eigenvalue weighted by Crippen LogP contribution is -2.22. The number of fused-ring (bicyclic) bond motifs is 2. The summed E-state index contributed by atoms with van der Waals surface area (Å²) in [5.74, 6) is 0.339. The molecule has 0 spiro atoms. The second-order valence-electron chi connectivity index (χ2n) is 5.11. The third-order valence-corrected chi connectivity index (χ3v) is 4.53. The van der Waals surface area contributed by atoms with E-state index in [4.69, 9.17) is 16.0 Å². The van der Waals surface area contributed by atoms with Gasteiger partial charge in [-0.05, 0) is 40.2 Å². The number of halogens is 2. The minimum atomic E-state index is -0.269. The van der Waals surface area contributed by atoms with E-state index in [9.17, 15) is 4.79 Å². The second-order valence-corrected chi connectivity index (χ2v) is 6.38. The number of rotatable bonds is 3. The number of amides is 1. The number of aromatic nitrogens is 3. The standard InChI is InChI=1S/C16H10BrClN4O2/c17-12-2-3-13(18)10-6-9(24-14(10)12)7-20-16(23)11-8-21-22-5-1-4-19-15(11)22/h1-6,8H,7H2,(H,20,23). The summed E-state index contributed by atoms with van der Waals surface area (Å²) in [7, 11) is 0. The van der Waals surface area contributed by atoms with Gasteiger partial charge in [0.15, 0.2) is 5.65 Å². The summed E-state index contributed by atoms with van der Waals surface area (Å²) in [6.45, 7) is 0.237. The Kier molecular flexibility index (Phi) is 3.74. The van der Waals surface area contributed by atoms with Crippen molar-refractivity contribution >= 4 is 50.1 Å². The van der Waals surface area contributed by atoms with Gasteiger partial charge in [0.1, 0.15) is 16.9 Å². The third kappa shape index (κ3) is 2.55. The Bertz CT molecular complexity index is 1030. The highest BCUT2D eigenvalue weighted by molar-refractivity contribution is 9.10. The molecule has 0 aliphatic rings. The van der Waals surface area contributed by atoms with E-state index in [1.165, 1.54) is 6.20 Å². The van der Waals surface area contributed by atoms with E-state index in [0.717, 1.165) is 9.86 Å². The molecule has 0 fully saturated rings. The van der Waals surface area contributed by atoms with Crippen LogP contribution >= 0.6 is 27.5 Å². The molecule has 1 N–H and O–H groups in total. The van der Waals surface area contributed by atoms with E-state index in [1.807, 2.05) is 12.1 Å². The van der Waals surface area contributed by atoms with Gasteiger partial charge in [-0.1, -0.05) is 11.6 Å². The molecule has 4 aromatic rings. The molecule has 3 heterocycles. The Hall–Kier alpha value is -2.38. The maximum absolute atomic E-state index is 12.4. The number of nitrogens with one attached hydrogen (secondary N) is 1. The van der Waals surface area contributed by atoms with E-state index >= 15 is 0 Å². The molecule has 3 aromatic heterocycles. The summed E-state index contributed by atoms with van der Waals surface area (Å²) in [6, 6.07) is 7.17. The van der Waals surface area contributed by atoms with Crippen LogP contribution in [0.5, 0.6) is 0 Å². The van der Waals surface area contributed by atoms with Gasteiger partial charge in [0.05, 0.1) is 22.2 Å². The molecule has 0 unspecified atom stereocenters. The topological polar surface area (TPSA) is 72.4 Å². The van der Waals surface area contributed by atoms with Crippen molar-refractivity contribution in [2.45, 2.75) is 6.54 Å². The minimum absolute atomic E-state index is 0.237. The summed E-state index contributed by atoms with van der Waals surface area (Å²) in [5, 5.41) is 8.31. The maximum atomic E-state index is 12.4. The van der Waals surface area contributed by atoms with Crippen molar-refractivity contribution in [2.24, 2.45) is 0 Å². The Balaban J connectivity index is 1.57. The van der Waals surface area contributed by atoms with Gasteiger partial charge in [0, 0.05) is 17.8 Å². The largest absolute Gasteiger partial charge is 0.458 e. The van der Waals surface area contributed by atoms with Crippen molar-refractivity contribution in [1.82, 2.24) is 19.9 Å². The monoisotopic (exact) mass is 404 g/mol. The summed E-state index contributed by atoms with van der Waals surface area (Å²) >= 11 is 9.59. The predicted octanol–water partition coefficient (Wildman–Crippen LogP) is 3.82. The van der Waals surface area contributed by atoms with Crippen molar-refractivity contribution in [1.29, 1.82) is 0 Å². The van der Waals surface area contributed by atoms with Gasteiger partial charge < -0.3 is 9.73 Å². The van der Waals surface area contributed by atoms with E-state index < -0.39 is 0 Å². The lowest BCUT2D eigenvalue weighted by Gasteiger charge is -2.01. The normalized spacial score (nSPS) is 11.2. The van der Waals surface area contributed by atoms with Crippen molar-refractivity contribution in [3.63, 3.8) is 0 Å². The predicted molar refractivity (Wildman–Crippen MR) is 93.1 cm³/mol. The fraction of sp³-hybridized carbons (Fsp3) is 0.0625. The number of furan rings is 1. The maximum Gasteiger partial charge on any atom is 0.257 e. The number of carbonyl (C=O) groups is 1. The number of nitrogens with zero attached hydrogens (tertiary/aromatic N) is 3. The highest BCUT2D eigenvalue weighted by Gasteiger charge is 2.15. The molecule has 0 radical (unpaired) electrons. The van der Waals surface area contributed by atoms with E-state index in [2.05, 4.69) is 31.3 Å². The average Bonchev–Trinajstić information content (AvgIpc) is 3.21. The molecule has 1 aromatic carbocycles. The van der Waals surface area contributed by atoms with Gasteiger partial charge in [-0.2, -0.15) is 5.10 Å². The summed E-state index contributed by atoms with van der Waals surface area (Å²) in [5.41, 5.74) is 1.57. The smallest absolute Gasteiger partial charge is 0.257 e. The zero-order valence-electron chi connectivity index (χ0n) is 12.2. The Morgan fingerprint density at radius 2 is 2.29 bits per heavy atom. The molecule has 120 valence electrons. The molecular weight excluding hydrogens is 396 g/mol. The average molecular weight is 406 g/mol. The van der Waals surface area contributed by atoms with E-state index in [-0.39, 0.29) is 12.5 Å². The number of benzene rings is 1. The molecular formula is C16H10BrClN4O2. The van der Waals surface area contributed by atoms with Gasteiger partial charge in [-0.25, -0.2) is 9.50 Å². The first-order valence-corrected chi connectivity index (χ1v) is 8.23. The first kappa shape index (κ1) is 15.2. The van der Waals surface area contributed by atoms with Gasteiger partial charge >= 0.3 is 0 Å². The van der Waals surface area contributed by atoms with E-state index in [0.29, 0.717) is 27.6 Å². The van der Waals surface area contributed by atoms with Crippen LogP contribution in [0.1, 0.15) is 16.1 Å². The van der Waals surface area contributed by atoms with Gasteiger partial charge in [0.25, 0.3) is 5.91 Å². The van der Waals surface area contributed by atoms with Crippen LogP contribution in [0.2, 0.25) is 5.02 Å². The molecule has 0 bridgehead atoms. The molecule has 0 saturated carbocycles. The highest BCUT2D eigenvalue weighted by atomic mass is 79.9. The Morgan fingerprint density at radius 1 is 1.42 bits per heavy atom. The first-order valence-electron chi connectivity index (χ1n) is 7.06. The SMILES string of the molecule is O=C(NCc1cc2c(Cl)ccc(Br)c2o1)c1cnn2cccnc12. The fourth-order valence-corrected chi connectivity index (χ4v) is 3.08. The fourth-order valence-electron chi connectivity index (χ4n) is 2.45. The highest BCUT2D eigenvalue weighted by Crippen LogP contribution is 2.32. The van der Waals surface area contributed by atoms with Crippen LogP contribution in [-0.4, -0.2) is 20.5 Å². The lowest BCUT2D eigenvalue weighted by molar-refractivity contribution is 0.0949. The molecule has 6 nitrogen and oxygen atoms in total. The molecule has 1 amide bonds. The number of hydrogen-bond acceptors (Lipinski definition) is 4. The number of carbonyl (C=O) groups excluding carboxylic acids is 1. The number of hydrogen-bond donors (Lipinski definition) is 1. The third-order valence-electron chi connectivity index (χ3n) is 3.58. The van der Waals surface area contributed by atoms with Gasteiger partial charge in [-0.3, -0.25) is 4.79 Å². The molecule has 8 heteroatoms. The van der Waals surface area contributed by atoms with Crippen LogP contribution in [0.15, 0.2) is 51.7 Å². The van der Waals surface area contributed by atoms with Crippen molar-refractivity contribution in [3.8, 4) is 0 Å². The molecule has 0 aliphatic carbocycles. The van der Waals surface area contributed by atoms with Crippen LogP contribution in [-0.2, 0) is 6.54 Å². The molecule has 0 atom stereocenters. The van der Waals surface area contributed by atoms with Crippen molar-refractivity contribution < 1.29 is 9.21 Å². The lowest BCUT2D eigenvalue weighted by atomic mass is 10.2. The zero-order valence-corrected chi connectivity index (χ0v) is 14.5. The Morgan fingerprint density at radius 3 is 3.12 bits per heavy atom. The van der Waals surface area contributed by atoms with Crippen LogP contribution < -0.4 is 5.32 Å². The van der Waals surface area contributed by atoms with Gasteiger partial charge in [0.2, 0.25) is 0 Å². The van der Waals surface area contributed by atoms with Crippen molar-refractivity contribution in [2.75, 3.05) is 0 Å². The summed E-state index contributed by atoms with van der Waals surface area (Å²) in [6.07, 6.45) is 4.84. The summed E-state index contributed by atoms with van der Waals surface area (Å²) < 4.78 is 8.11. The van der Waals surface area contributed by atoms with Crippen LogP contribution in [0.4, 0.5) is 0 Å². The van der Waals surface area contributed by atoms with E-state index in [1.54, 1.807) is 29.0 Å². The molecule has 0 aliphatic heterocycles. The van der Waals surface area contributed by atoms with Crippen LogP contribution in [0.3, 0.4) is 0 Å². The quantitative estimate of drug-likeness (QED) is 0.562. The Labute approximate surface area is 149 Å². The molecule has 4 rings (SSSR count). The van der Waals surface area contributed by atoms with Crippen LogP contribution in [0.25, 0.3) is 16.6 Å². The molecule has 0 saturated heterocycles. The molecule has 24 heavy (non-hydrogen) atoms. The van der Waals surface area contributed by atoms with Crippen molar-refractivity contribution in [3.05, 3.63) is 63.7 Å². The summed E-state index contributed by atoms with van der Waals surface area (Å²) in [4.78, 5) is 16.5. The first-order chi connectivity index (χ1) is 11.6. The second kappa shape index (κ2) is 5.92. The minimum Gasteiger partial charge on any atom is -0.458 e. The van der Waals surface area contributed by atoms with Gasteiger partial charge in [-0.15, -0.1) is 0 Å².